The van der Waals surface area contributed by atoms with Crippen molar-refractivity contribution in [2.45, 2.75) is 23.6 Å². The topological polar surface area (TPSA) is 63.1 Å². The maximum atomic E-state index is 11.2. The highest BCUT2D eigenvalue weighted by Gasteiger charge is 2.30. The number of aromatic nitrogens is 2. The van der Waals surface area contributed by atoms with Crippen LogP contribution in [-0.2, 0) is 4.79 Å². The minimum Gasteiger partial charge on any atom is -0.480 e. The molecule has 0 aliphatic heterocycles. The second-order valence-electron chi connectivity index (χ2n) is 4.49. The third-order valence-electron chi connectivity index (χ3n) is 2.58. The Kier molecular flexibility index (Phi) is 3.85. The maximum absolute atomic E-state index is 11.2. The quantitative estimate of drug-likeness (QED) is 0.868. The monoisotopic (exact) mass is 274 g/mol. The van der Waals surface area contributed by atoms with E-state index in [-0.39, 0.29) is 0 Å². The zero-order chi connectivity index (χ0) is 13.9. The van der Waals surface area contributed by atoms with E-state index < -0.39 is 10.7 Å². The van der Waals surface area contributed by atoms with Crippen molar-refractivity contribution >= 4 is 17.7 Å². The number of aliphatic carboxylic acids is 1. The van der Waals surface area contributed by atoms with Crippen molar-refractivity contribution in [2.24, 2.45) is 0 Å². The molecule has 0 bridgehead atoms. The van der Waals surface area contributed by atoms with Crippen molar-refractivity contribution in [1.29, 1.82) is 0 Å². The van der Waals surface area contributed by atoms with Crippen molar-refractivity contribution in [3.63, 3.8) is 0 Å². The molecule has 2 aromatic rings. The van der Waals surface area contributed by atoms with E-state index in [1.165, 1.54) is 11.8 Å². The van der Waals surface area contributed by atoms with E-state index in [0.717, 1.165) is 11.3 Å². The minimum atomic E-state index is -0.933. The van der Waals surface area contributed by atoms with Crippen LogP contribution < -0.4 is 0 Å². The average Bonchev–Trinajstić information content (AvgIpc) is 2.40. The molecule has 0 aliphatic rings. The molecule has 0 atom stereocenters. The van der Waals surface area contributed by atoms with Crippen molar-refractivity contribution in [3.8, 4) is 11.3 Å². The van der Waals surface area contributed by atoms with E-state index in [2.05, 4.69) is 9.97 Å². The van der Waals surface area contributed by atoms with Gasteiger partial charge in [0, 0.05) is 18.0 Å². The first-order valence-electron chi connectivity index (χ1n) is 5.79. The predicted octanol–water partition coefficient (Wildman–Crippen LogP) is 3.10. The largest absolute Gasteiger partial charge is 0.480 e. The Labute approximate surface area is 115 Å². The number of carboxylic acid groups (broad SMARTS) is 1. The Morgan fingerprint density at radius 2 is 1.89 bits per heavy atom. The Bertz CT molecular complexity index is 585. The third kappa shape index (κ3) is 3.12. The van der Waals surface area contributed by atoms with Crippen LogP contribution in [-0.4, -0.2) is 25.8 Å². The molecule has 0 fully saturated rings. The fourth-order valence-corrected chi connectivity index (χ4v) is 2.44. The first-order chi connectivity index (χ1) is 9.00. The zero-order valence-electron chi connectivity index (χ0n) is 10.7. The van der Waals surface area contributed by atoms with Crippen LogP contribution in [0, 0.1) is 0 Å². The van der Waals surface area contributed by atoms with Gasteiger partial charge in [0.1, 0.15) is 9.77 Å². The summed E-state index contributed by atoms with van der Waals surface area (Å²) < 4.78 is -0.933. The molecule has 0 saturated heterocycles. The number of carbonyl (C=O) groups is 1. The first kappa shape index (κ1) is 13.5. The smallest absolute Gasteiger partial charge is 0.319 e. The highest BCUT2D eigenvalue weighted by atomic mass is 32.2. The highest BCUT2D eigenvalue weighted by Crippen LogP contribution is 2.36. The summed E-state index contributed by atoms with van der Waals surface area (Å²) in [6, 6.07) is 9.34. The summed E-state index contributed by atoms with van der Waals surface area (Å²) in [5.74, 6) is -0.866. The van der Waals surface area contributed by atoms with Crippen LogP contribution in [0.5, 0.6) is 0 Å². The summed E-state index contributed by atoms with van der Waals surface area (Å²) in [7, 11) is 0. The summed E-state index contributed by atoms with van der Waals surface area (Å²) in [5, 5.41) is 9.87. The first-order valence-corrected chi connectivity index (χ1v) is 6.61. The van der Waals surface area contributed by atoms with E-state index in [1.807, 2.05) is 30.3 Å². The van der Waals surface area contributed by atoms with Crippen LogP contribution >= 0.6 is 11.8 Å². The second kappa shape index (κ2) is 5.40. The molecular formula is C14H14N2O2S. The minimum absolute atomic E-state index is 0.675. The predicted molar refractivity (Wildman–Crippen MR) is 75.0 cm³/mol. The van der Waals surface area contributed by atoms with Crippen molar-refractivity contribution in [3.05, 3.63) is 42.7 Å². The lowest BCUT2D eigenvalue weighted by Gasteiger charge is -2.19. The number of rotatable bonds is 4. The lowest BCUT2D eigenvalue weighted by atomic mass is 10.2. The van der Waals surface area contributed by atoms with Crippen molar-refractivity contribution in [2.75, 3.05) is 0 Å². The average molecular weight is 274 g/mol. The molecule has 0 unspecified atom stereocenters. The zero-order valence-corrected chi connectivity index (χ0v) is 11.5. The molecule has 0 spiro atoms. The SMILES string of the molecule is CC(C)(Sc1ncccc1-c1ccccn1)C(=O)O. The van der Waals surface area contributed by atoms with E-state index in [9.17, 15) is 9.90 Å². The summed E-state index contributed by atoms with van der Waals surface area (Å²) >= 11 is 1.22. The normalized spacial score (nSPS) is 11.3. The van der Waals surface area contributed by atoms with Gasteiger partial charge in [-0.1, -0.05) is 17.8 Å². The number of hydrogen-bond acceptors (Lipinski definition) is 4. The molecule has 19 heavy (non-hydrogen) atoms. The van der Waals surface area contributed by atoms with Crippen LogP contribution in [0.2, 0.25) is 0 Å². The van der Waals surface area contributed by atoms with Gasteiger partial charge in [-0.3, -0.25) is 9.78 Å². The number of hydrogen-bond donors (Lipinski definition) is 1. The van der Waals surface area contributed by atoms with Crippen LogP contribution in [0.25, 0.3) is 11.3 Å². The molecular weight excluding hydrogens is 260 g/mol. The Morgan fingerprint density at radius 3 is 2.53 bits per heavy atom. The molecule has 0 radical (unpaired) electrons. The van der Waals surface area contributed by atoms with E-state index >= 15 is 0 Å². The summed E-state index contributed by atoms with van der Waals surface area (Å²) in [6.07, 6.45) is 3.37. The Balaban J connectivity index is 2.40. The van der Waals surface area contributed by atoms with Crippen LogP contribution in [0.4, 0.5) is 0 Å². The lowest BCUT2D eigenvalue weighted by molar-refractivity contribution is -0.138. The maximum Gasteiger partial charge on any atom is 0.319 e. The Hall–Kier alpha value is -1.88. The van der Waals surface area contributed by atoms with E-state index in [4.69, 9.17) is 0 Å². The molecule has 2 rings (SSSR count). The van der Waals surface area contributed by atoms with Gasteiger partial charge in [-0.2, -0.15) is 0 Å². The summed E-state index contributed by atoms with van der Waals surface area (Å²) in [6.45, 7) is 3.33. The fourth-order valence-electron chi connectivity index (χ4n) is 1.47. The van der Waals surface area contributed by atoms with E-state index in [1.54, 1.807) is 26.2 Å². The standard InChI is InChI=1S/C14H14N2O2S/c1-14(2,13(17)18)19-12-10(6-5-9-16-12)11-7-3-4-8-15-11/h3-9H,1-2H3,(H,17,18). The molecule has 0 aliphatic carbocycles. The molecule has 98 valence electrons. The van der Waals surface area contributed by atoms with Crippen LogP contribution in [0.15, 0.2) is 47.8 Å². The van der Waals surface area contributed by atoms with Gasteiger partial charge in [0.25, 0.3) is 0 Å². The number of pyridine rings is 2. The summed E-state index contributed by atoms with van der Waals surface area (Å²) in [5.41, 5.74) is 1.64. The third-order valence-corrected chi connectivity index (χ3v) is 3.78. The molecule has 2 heterocycles. The number of nitrogens with zero attached hydrogens (tertiary/aromatic N) is 2. The molecule has 1 N–H and O–H groups in total. The molecule has 4 nitrogen and oxygen atoms in total. The van der Waals surface area contributed by atoms with Gasteiger partial charge in [0.15, 0.2) is 0 Å². The molecule has 0 saturated carbocycles. The molecule has 2 aromatic heterocycles. The number of thioether (sulfide) groups is 1. The van der Waals surface area contributed by atoms with Gasteiger partial charge < -0.3 is 5.11 Å². The molecule has 5 heteroatoms. The fraction of sp³-hybridized carbons (Fsp3) is 0.214. The highest BCUT2D eigenvalue weighted by molar-refractivity contribution is 8.01. The van der Waals surface area contributed by atoms with Gasteiger partial charge in [-0.05, 0) is 38.1 Å². The van der Waals surface area contributed by atoms with Gasteiger partial charge in [-0.15, -0.1) is 0 Å². The lowest BCUT2D eigenvalue weighted by Crippen LogP contribution is -2.27. The molecule has 0 aromatic carbocycles. The van der Waals surface area contributed by atoms with Gasteiger partial charge >= 0.3 is 5.97 Å². The molecule has 0 amide bonds. The Morgan fingerprint density at radius 1 is 1.16 bits per heavy atom. The summed E-state index contributed by atoms with van der Waals surface area (Å²) in [4.78, 5) is 19.8. The van der Waals surface area contributed by atoms with Crippen LogP contribution in [0.1, 0.15) is 13.8 Å². The van der Waals surface area contributed by atoms with Gasteiger partial charge in [0.2, 0.25) is 0 Å². The second-order valence-corrected chi connectivity index (χ2v) is 6.10. The van der Waals surface area contributed by atoms with E-state index in [0.29, 0.717) is 5.03 Å². The van der Waals surface area contributed by atoms with Gasteiger partial charge in [-0.25, -0.2) is 4.98 Å². The van der Waals surface area contributed by atoms with Crippen molar-refractivity contribution < 1.29 is 9.90 Å². The van der Waals surface area contributed by atoms with Crippen LogP contribution in [0.3, 0.4) is 0 Å². The van der Waals surface area contributed by atoms with Gasteiger partial charge in [0.05, 0.1) is 5.69 Å². The van der Waals surface area contributed by atoms with Crippen molar-refractivity contribution in [1.82, 2.24) is 9.97 Å². The number of carboxylic acids is 1.